The number of nitrogens with zero attached hydrogens (tertiary/aromatic N) is 4. The normalized spacial score (nSPS) is 24.2. The zero-order chi connectivity index (χ0) is 30.9. The van der Waals surface area contributed by atoms with Crippen molar-refractivity contribution in [3.05, 3.63) is 51.0 Å². The number of fused-ring (bicyclic) bond motifs is 3. The van der Waals surface area contributed by atoms with Crippen LogP contribution < -0.4 is 10.6 Å². The van der Waals surface area contributed by atoms with Gasteiger partial charge in [0.25, 0.3) is 23.2 Å². The third-order valence-corrected chi connectivity index (χ3v) is 9.13. The molecule has 0 radical (unpaired) electrons. The van der Waals surface area contributed by atoms with Crippen molar-refractivity contribution in [2.75, 3.05) is 24.1 Å². The fourth-order valence-corrected chi connectivity index (χ4v) is 7.10. The van der Waals surface area contributed by atoms with Crippen molar-refractivity contribution < 1.29 is 43.2 Å². The van der Waals surface area contributed by atoms with Gasteiger partial charge in [-0.05, 0) is 17.7 Å². The van der Waals surface area contributed by atoms with Crippen LogP contribution in [0.5, 0.6) is 0 Å². The van der Waals surface area contributed by atoms with Gasteiger partial charge in [-0.15, -0.1) is 34.7 Å². The minimum Gasteiger partial charge on any atom is -0.456 e. The lowest BCUT2D eigenvalue weighted by atomic mass is 9.89. The van der Waals surface area contributed by atoms with Crippen LogP contribution in [0.3, 0.4) is 0 Å². The highest BCUT2D eigenvalue weighted by Gasteiger charge is 2.72. The Morgan fingerprint density at radius 1 is 1.30 bits per heavy atom. The van der Waals surface area contributed by atoms with E-state index in [0.717, 1.165) is 16.2 Å². The van der Waals surface area contributed by atoms with Crippen molar-refractivity contribution in [1.82, 2.24) is 15.2 Å². The highest BCUT2D eigenvalue weighted by atomic mass is 35.5. The Hall–Kier alpha value is -4.29. The highest BCUT2D eigenvalue weighted by molar-refractivity contribution is 8.00. The number of nitrogens with one attached hydrogen (secondary N) is 2. The van der Waals surface area contributed by atoms with E-state index >= 15 is 0 Å². The standard InChI is InChI=1S/C24H21ClN6O10S2/c1-39-29-17(14-10-43-23(26-14)27-15(32)7-25)19(34)28-18-20(35)30-21(18)42-9-12-6-16(33)41-24(12,30)22(36)40-8-11-2-4-13(5-3-11)31(37)38/h2-5,10,12,18,21H,6-9H2,1H3,(H,28,34)(H,26,27,32)/b29-17-/t12-,18-,21-,24-/m1/s1. The van der Waals surface area contributed by atoms with E-state index in [1.807, 2.05) is 0 Å². The molecule has 4 heterocycles. The Kier molecular flexibility index (Phi) is 8.52. The van der Waals surface area contributed by atoms with Crippen molar-refractivity contribution >= 4 is 80.9 Å². The summed E-state index contributed by atoms with van der Waals surface area (Å²) in [5.41, 5.74) is -1.95. The van der Waals surface area contributed by atoms with E-state index < -0.39 is 57.6 Å². The van der Waals surface area contributed by atoms with Gasteiger partial charge in [-0.3, -0.25) is 34.2 Å². The number of anilines is 1. The van der Waals surface area contributed by atoms with E-state index in [4.69, 9.17) is 25.9 Å². The van der Waals surface area contributed by atoms with Gasteiger partial charge in [0.1, 0.15) is 36.7 Å². The number of nitro benzene ring substituents is 1. The number of β-lactam (4-membered cyclic amide) rings is 1. The Morgan fingerprint density at radius 2 is 2.05 bits per heavy atom. The highest BCUT2D eigenvalue weighted by Crippen LogP contribution is 2.51. The van der Waals surface area contributed by atoms with E-state index in [1.54, 1.807) is 0 Å². The zero-order valence-electron chi connectivity index (χ0n) is 22.0. The molecule has 0 spiro atoms. The van der Waals surface area contributed by atoms with Gasteiger partial charge in [0.15, 0.2) is 10.8 Å². The van der Waals surface area contributed by atoms with Crippen LogP contribution in [-0.4, -0.2) is 86.1 Å². The number of non-ortho nitro benzene ring substituents is 1. The fraction of sp³-hybridized carbons (Fsp3) is 0.375. The molecule has 1 aromatic carbocycles. The summed E-state index contributed by atoms with van der Waals surface area (Å²) < 4.78 is 10.9. The molecular weight excluding hydrogens is 632 g/mol. The quantitative estimate of drug-likeness (QED) is 0.0919. The van der Waals surface area contributed by atoms with Crippen molar-refractivity contribution in [3.63, 3.8) is 0 Å². The summed E-state index contributed by atoms with van der Waals surface area (Å²) in [5, 5.41) is 20.5. The average molecular weight is 653 g/mol. The fourth-order valence-electron chi connectivity index (χ4n) is 4.76. The maximum absolute atomic E-state index is 13.5. The summed E-state index contributed by atoms with van der Waals surface area (Å²) in [5.74, 6) is -4.42. The number of aromatic nitrogens is 1. The molecule has 2 aromatic rings. The number of rotatable bonds is 10. The number of halogens is 1. The monoisotopic (exact) mass is 652 g/mol. The van der Waals surface area contributed by atoms with Crippen LogP contribution in [0.1, 0.15) is 17.7 Å². The van der Waals surface area contributed by atoms with Crippen LogP contribution in [0.4, 0.5) is 10.8 Å². The van der Waals surface area contributed by atoms with Gasteiger partial charge in [-0.2, -0.15) is 0 Å². The predicted molar refractivity (Wildman–Crippen MR) is 150 cm³/mol. The lowest BCUT2D eigenvalue weighted by Gasteiger charge is -2.56. The number of carbonyl (C=O) groups excluding carboxylic acids is 5. The Balaban J connectivity index is 1.31. The summed E-state index contributed by atoms with van der Waals surface area (Å²) in [6.07, 6.45) is -0.121. The number of nitro groups is 1. The third kappa shape index (κ3) is 5.59. The van der Waals surface area contributed by atoms with E-state index in [1.165, 1.54) is 48.5 Å². The van der Waals surface area contributed by atoms with Crippen LogP contribution >= 0.6 is 34.7 Å². The number of thiazole rings is 1. The van der Waals surface area contributed by atoms with E-state index in [9.17, 15) is 34.1 Å². The van der Waals surface area contributed by atoms with Crippen LogP contribution in [0.15, 0.2) is 34.8 Å². The topological polar surface area (TPSA) is 209 Å². The van der Waals surface area contributed by atoms with Crippen molar-refractivity contribution in [1.29, 1.82) is 0 Å². The number of ether oxygens (including phenoxy) is 2. The third-order valence-electron chi connectivity index (χ3n) is 6.71. The van der Waals surface area contributed by atoms with Crippen molar-refractivity contribution in [2.45, 2.75) is 30.2 Å². The lowest BCUT2D eigenvalue weighted by Crippen LogP contribution is -2.80. The minimum absolute atomic E-state index is 0.0604. The average Bonchev–Trinajstić information content (AvgIpc) is 3.59. The molecule has 43 heavy (non-hydrogen) atoms. The zero-order valence-corrected chi connectivity index (χ0v) is 24.4. The van der Waals surface area contributed by atoms with Gasteiger partial charge >= 0.3 is 11.9 Å². The smallest absolute Gasteiger partial charge is 0.373 e. The summed E-state index contributed by atoms with van der Waals surface area (Å²) in [4.78, 5) is 84.4. The van der Waals surface area contributed by atoms with E-state index in [2.05, 4.69) is 20.8 Å². The second kappa shape index (κ2) is 12.1. The molecule has 1 aromatic heterocycles. The van der Waals surface area contributed by atoms with Gasteiger partial charge in [0, 0.05) is 29.2 Å². The molecule has 0 aliphatic carbocycles. The number of benzene rings is 1. The van der Waals surface area contributed by atoms with E-state index in [0.29, 0.717) is 5.56 Å². The number of esters is 2. The van der Waals surface area contributed by atoms with Gasteiger partial charge in [0.05, 0.1) is 11.3 Å². The van der Waals surface area contributed by atoms with E-state index in [-0.39, 0.29) is 46.9 Å². The molecule has 3 saturated heterocycles. The molecule has 3 aliphatic heterocycles. The molecule has 4 atom stereocenters. The van der Waals surface area contributed by atoms with Crippen LogP contribution in [-0.2, 0) is 44.9 Å². The summed E-state index contributed by atoms with van der Waals surface area (Å²) in [7, 11) is 1.21. The van der Waals surface area contributed by atoms with Gasteiger partial charge in [-0.25, -0.2) is 9.78 Å². The molecule has 0 saturated carbocycles. The first-order valence-corrected chi connectivity index (χ1v) is 14.9. The molecule has 19 heteroatoms. The van der Waals surface area contributed by atoms with Crippen LogP contribution in [0, 0.1) is 16.0 Å². The molecule has 3 aliphatic rings. The molecule has 0 bridgehead atoms. The number of hydrogen-bond acceptors (Lipinski definition) is 14. The van der Waals surface area contributed by atoms with Crippen LogP contribution in [0.25, 0.3) is 0 Å². The van der Waals surface area contributed by atoms with Gasteiger partial charge in [0.2, 0.25) is 5.91 Å². The SMILES string of the molecule is CO/N=C(\C(=O)N[C@@H]1C(=O)N2[C@@H]1SC[C@H]1CC(=O)O[C@@]12C(=O)OCc1ccc([N+](=O)[O-])cc1)c1csc(NC(=O)CCl)n1. The maximum atomic E-state index is 13.5. The number of alkyl halides is 1. The second-order valence-corrected chi connectivity index (χ2v) is 11.6. The first-order chi connectivity index (χ1) is 20.6. The number of thioether (sulfide) groups is 1. The largest absolute Gasteiger partial charge is 0.456 e. The van der Waals surface area contributed by atoms with Crippen molar-refractivity contribution in [2.24, 2.45) is 11.1 Å². The predicted octanol–water partition coefficient (Wildman–Crippen LogP) is 0.982. The number of hydrogen-bond donors (Lipinski definition) is 2. The second-order valence-electron chi connectivity index (χ2n) is 9.30. The number of carbonyl (C=O) groups is 5. The number of oxime groups is 1. The van der Waals surface area contributed by atoms with Crippen molar-refractivity contribution in [3.8, 4) is 0 Å². The van der Waals surface area contributed by atoms with Gasteiger partial charge < -0.3 is 24.9 Å². The first kappa shape index (κ1) is 30.2. The maximum Gasteiger partial charge on any atom is 0.373 e. The van der Waals surface area contributed by atoms with Gasteiger partial charge in [-0.1, -0.05) is 5.16 Å². The molecule has 3 amide bonds. The Labute approximate surface area is 255 Å². The summed E-state index contributed by atoms with van der Waals surface area (Å²) >= 11 is 7.76. The molecule has 0 unspecified atom stereocenters. The summed E-state index contributed by atoms with van der Waals surface area (Å²) in [6.45, 7) is -0.291. The summed E-state index contributed by atoms with van der Waals surface area (Å²) in [6, 6.07) is 4.22. The Bertz CT molecular complexity index is 1530. The first-order valence-electron chi connectivity index (χ1n) is 12.4. The molecule has 226 valence electrons. The lowest BCUT2D eigenvalue weighted by molar-refractivity contribution is -0.384. The number of amides is 3. The molecule has 5 rings (SSSR count). The molecule has 16 nitrogen and oxygen atoms in total. The Morgan fingerprint density at radius 3 is 2.72 bits per heavy atom. The molecule has 3 fully saturated rings. The minimum atomic E-state index is -2.03. The molecular formula is C24H21ClN6O10S2. The molecule has 2 N–H and O–H groups in total. The van der Waals surface area contributed by atoms with Crippen LogP contribution in [0.2, 0.25) is 0 Å².